The molecule has 0 saturated carbocycles. The van der Waals surface area contributed by atoms with E-state index in [9.17, 15) is 79.4 Å². The van der Waals surface area contributed by atoms with Crippen LogP contribution in [-0.2, 0) is 4.79 Å². The molecule has 2 N–H and O–H groups in total. The number of halogens is 18. The zero-order chi connectivity index (χ0) is 30.3. The van der Waals surface area contributed by atoms with E-state index in [1.54, 1.807) is 0 Å². The van der Waals surface area contributed by atoms with Crippen LogP contribution in [0.3, 0.4) is 0 Å². The quantitative estimate of drug-likeness (QED) is 0.185. The molecule has 0 fully saturated rings. The highest BCUT2D eigenvalue weighted by Crippen LogP contribution is 2.63. The standard InChI is InChI=1S/C16H17F17N2O2.ClH/c1-35(2,6-7-36)5-3-4-34-8(37)9(17,18)10(19,20)11(21,22)12(23,24)13(25,26)14(27,28)15(29,30)16(31,32)33;/h36H,3-7H2,1-2H3;1H. The summed E-state index contributed by atoms with van der Waals surface area (Å²) in [5, 5.41) is 9.64. The van der Waals surface area contributed by atoms with E-state index in [1.807, 2.05) is 0 Å². The number of alkyl halides is 17. The second kappa shape index (κ2) is 11.2. The number of nitrogens with one attached hydrogen (secondary N) is 1. The van der Waals surface area contributed by atoms with E-state index in [-0.39, 0.29) is 30.0 Å². The molecule has 1 amide bonds. The predicted molar refractivity (Wildman–Crippen MR) is 87.2 cm³/mol. The van der Waals surface area contributed by atoms with Crippen molar-refractivity contribution in [1.82, 2.24) is 5.32 Å². The molecule has 0 aliphatic heterocycles. The third-order valence-corrected chi connectivity index (χ3v) is 4.94. The summed E-state index contributed by atoms with van der Waals surface area (Å²) in [4.78, 5) is 11.3. The van der Waals surface area contributed by atoms with Gasteiger partial charge in [0.25, 0.3) is 5.91 Å². The summed E-state index contributed by atoms with van der Waals surface area (Å²) in [6.07, 6.45) is -8.26. The largest absolute Gasteiger partial charge is 1.00 e. The van der Waals surface area contributed by atoms with E-state index in [4.69, 9.17) is 5.11 Å². The lowest BCUT2D eigenvalue weighted by Crippen LogP contribution is -3.00. The van der Waals surface area contributed by atoms with Gasteiger partial charge in [-0.1, -0.05) is 0 Å². The summed E-state index contributed by atoms with van der Waals surface area (Å²) in [5.74, 6) is -61.5. The Morgan fingerprint density at radius 3 is 1.32 bits per heavy atom. The average Bonchev–Trinajstić information content (AvgIpc) is 2.69. The summed E-state index contributed by atoms with van der Waals surface area (Å²) in [5.41, 5.74) is 0. The highest BCUT2D eigenvalue weighted by atomic mass is 35.5. The Morgan fingerprint density at radius 1 is 0.632 bits per heavy atom. The van der Waals surface area contributed by atoms with E-state index in [0.29, 0.717) is 0 Å². The molecule has 0 atom stereocenters. The van der Waals surface area contributed by atoms with Crippen LogP contribution in [-0.4, -0.2) is 103 Å². The fourth-order valence-corrected chi connectivity index (χ4v) is 2.51. The Hall–Kier alpha value is -1.51. The molecular weight excluding hydrogens is 611 g/mol. The van der Waals surface area contributed by atoms with Gasteiger partial charge in [-0.3, -0.25) is 4.79 Å². The minimum Gasteiger partial charge on any atom is -1.00 e. The smallest absolute Gasteiger partial charge is 0.460 e. The molecule has 0 saturated heterocycles. The van der Waals surface area contributed by atoms with Crippen molar-refractivity contribution in [3.8, 4) is 0 Å². The van der Waals surface area contributed by atoms with E-state index < -0.39 is 73.1 Å². The Balaban J connectivity index is 0. The number of amides is 1. The molecule has 0 aliphatic carbocycles. The van der Waals surface area contributed by atoms with Gasteiger partial charge in [0.1, 0.15) is 6.54 Å². The molecule has 0 heterocycles. The third-order valence-electron chi connectivity index (χ3n) is 4.94. The van der Waals surface area contributed by atoms with Gasteiger partial charge in [-0.2, -0.15) is 74.6 Å². The first-order valence-electron chi connectivity index (χ1n) is 9.36. The lowest BCUT2D eigenvalue weighted by Gasteiger charge is -2.42. The van der Waals surface area contributed by atoms with Gasteiger partial charge >= 0.3 is 47.6 Å². The molecule has 0 aromatic heterocycles. The van der Waals surface area contributed by atoms with Gasteiger partial charge in [0.15, 0.2) is 0 Å². The van der Waals surface area contributed by atoms with Gasteiger partial charge in [-0.25, -0.2) is 0 Å². The van der Waals surface area contributed by atoms with Gasteiger partial charge < -0.3 is 27.3 Å². The van der Waals surface area contributed by atoms with Crippen LogP contribution in [0.15, 0.2) is 0 Å². The summed E-state index contributed by atoms with van der Waals surface area (Å²) in [6, 6.07) is 0. The molecule has 230 valence electrons. The highest BCUT2D eigenvalue weighted by Gasteiger charge is 2.95. The van der Waals surface area contributed by atoms with Gasteiger partial charge in [0, 0.05) is 13.0 Å². The summed E-state index contributed by atoms with van der Waals surface area (Å²) < 4.78 is 224. The molecule has 0 spiro atoms. The highest BCUT2D eigenvalue weighted by molar-refractivity contribution is 5.84. The number of aliphatic hydroxyl groups is 1. The summed E-state index contributed by atoms with van der Waals surface area (Å²) >= 11 is 0. The maximum Gasteiger partial charge on any atom is 0.460 e. The summed E-state index contributed by atoms with van der Waals surface area (Å²) in [6.45, 7) is -1.58. The lowest BCUT2D eigenvalue weighted by molar-refractivity contribution is -0.890. The van der Waals surface area contributed by atoms with Crippen LogP contribution >= 0.6 is 0 Å². The van der Waals surface area contributed by atoms with Crippen LogP contribution in [0.2, 0.25) is 0 Å². The van der Waals surface area contributed by atoms with Crippen molar-refractivity contribution in [3.63, 3.8) is 0 Å². The number of carbonyl (C=O) groups is 1. The van der Waals surface area contributed by atoms with Crippen LogP contribution in [0.1, 0.15) is 6.42 Å². The Morgan fingerprint density at radius 2 is 0.974 bits per heavy atom. The van der Waals surface area contributed by atoms with Crippen LogP contribution in [0.5, 0.6) is 0 Å². The second-order valence-corrected chi connectivity index (χ2v) is 8.23. The zero-order valence-electron chi connectivity index (χ0n) is 18.6. The lowest BCUT2D eigenvalue weighted by atomic mass is 9.89. The van der Waals surface area contributed by atoms with Crippen molar-refractivity contribution in [2.75, 3.05) is 40.3 Å². The van der Waals surface area contributed by atoms with Crippen molar-refractivity contribution >= 4 is 5.91 Å². The normalized spacial score (nSPS) is 15.3. The first-order valence-corrected chi connectivity index (χ1v) is 9.36. The van der Waals surface area contributed by atoms with E-state index in [2.05, 4.69) is 0 Å². The van der Waals surface area contributed by atoms with Crippen molar-refractivity contribution in [3.05, 3.63) is 0 Å². The first-order chi connectivity index (χ1) is 15.9. The number of rotatable bonds is 13. The third kappa shape index (κ3) is 6.12. The Kier molecular flexibility index (Phi) is 11.4. The molecule has 22 heteroatoms. The summed E-state index contributed by atoms with van der Waals surface area (Å²) in [7, 11) is 2.84. The molecule has 0 aromatic carbocycles. The minimum absolute atomic E-state index is 0. The average molecular weight is 629 g/mol. The van der Waals surface area contributed by atoms with E-state index in [1.165, 1.54) is 14.1 Å². The molecule has 0 unspecified atom stereocenters. The number of quaternary nitrogens is 1. The molecule has 0 rings (SSSR count). The van der Waals surface area contributed by atoms with Crippen molar-refractivity contribution in [2.24, 2.45) is 0 Å². The molecular formula is C16H18ClF17N2O2. The number of aliphatic hydroxyl groups excluding tert-OH is 1. The number of hydrogen-bond acceptors (Lipinski definition) is 2. The van der Waals surface area contributed by atoms with E-state index in [0.717, 1.165) is 5.32 Å². The molecule has 38 heavy (non-hydrogen) atoms. The number of nitrogens with zero attached hydrogens (tertiary/aromatic N) is 1. The molecule has 4 nitrogen and oxygen atoms in total. The fraction of sp³-hybridized carbons (Fsp3) is 0.938. The Labute approximate surface area is 208 Å². The van der Waals surface area contributed by atoms with Crippen molar-refractivity contribution < 1.29 is 101 Å². The SMILES string of the molecule is C[N+](C)(CCO)CCCNC(=O)C(F)(F)C(F)(F)C(F)(F)C(F)(F)C(F)(F)C(F)(F)C(F)(F)C(F)(F)F.[Cl-]. The van der Waals surface area contributed by atoms with Crippen LogP contribution in [0.25, 0.3) is 0 Å². The monoisotopic (exact) mass is 628 g/mol. The second-order valence-electron chi connectivity index (χ2n) is 8.23. The maximum atomic E-state index is 13.7. The molecule has 0 radical (unpaired) electrons. The number of likely N-dealkylation sites (N-methyl/N-ethyl adjacent to an activating group) is 1. The van der Waals surface area contributed by atoms with Gasteiger partial charge in [0.05, 0.1) is 27.2 Å². The van der Waals surface area contributed by atoms with Gasteiger partial charge in [-0.05, 0) is 0 Å². The minimum atomic E-state index is -8.74. The molecule has 0 bridgehead atoms. The van der Waals surface area contributed by atoms with Crippen LogP contribution in [0, 0.1) is 0 Å². The van der Waals surface area contributed by atoms with Gasteiger partial charge in [-0.15, -0.1) is 0 Å². The topological polar surface area (TPSA) is 49.3 Å². The maximum absolute atomic E-state index is 13.7. The van der Waals surface area contributed by atoms with Crippen LogP contribution in [0.4, 0.5) is 74.6 Å². The Bertz CT molecular complexity index is 814. The van der Waals surface area contributed by atoms with Crippen molar-refractivity contribution in [1.29, 1.82) is 0 Å². The van der Waals surface area contributed by atoms with Crippen LogP contribution < -0.4 is 17.7 Å². The molecule has 0 aromatic rings. The van der Waals surface area contributed by atoms with E-state index >= 15 is 0 Å². The zero-order valence-corrected chi connectivity index (χ0v) is 19.4. The predicted octanol–water partition coefficient (Wildman–Crippen LogP) is 1.57. The molecule has 0 aliphatic rings. The number of hydrogen-bond donors (Lipinski definition) is 2. The van der Waals surface area contributed by atoms with Crippen molar-refractivity contribution in [2.45, 2.75) is 54.1 Å². The van der Waals surface area contributed by atoms with Gasteiger partial charge in [0.2, 0.25) is 0 Å². The fourth-order valence-electron chi connectivity index (χ4n) is 2.51. The number of carbonyl (C=O) groups excluding carboxylic acids is 1. The first kappa shape index (κ1) is 38.6.